The van der Waals surface area contributed by atoms with Gasteiger partial charge in [0.1, 0.15) is 5.75 Å². The molecule has 0 N–H and O–H groups in total. The number of aromatic nitrogens is 1. The van der Waals surface area contributed by atoms with Gasteiger partial charge in [0, 0.05) is 17.6 Å². The molecule has 88 valence electrons. The van der Waals surface area contributed by atoms with E-state index in [-0.39, 0.29) is 0 Å². The molecule has 0 spiro atoms. The summed E-state index contributed by atoms with van der Waals surface area (Å²) in [6.45, 7) is 0. The fraction of sp³-hybridized carbons (Fsp3) is 0.0625. The zero-order valence-corrected chi connectivity index (χ0v) is 10.1. The molecule has 0 aliphatic carbocycles. The van der Waals surface area contributed by atoms with E-state index >= 15 is 0 Å². The summed E-state index contributed by atoms with van der Waals surface area (Å²) in [5.41, 5.74) is 3.36. The Labute approximate surface area is 106 Å². The Morgan fingerprint density at radius 2 is 1.78 bits per heavy atom. The second kappa shape index (κ2) is 4.49. The standard InChI is InChI=1S/C16H13NO/c1-18-13-7-8-15-14(9-10-17-16(15)11-13)12-5-3-2-4-6-12/h2-11H,1H3. The summed E-state index contributed by atoms with van der Waals surface area (Å²) in [4.78, 5) is 4.40. The smallest absolute Gasteiger partial charge is 0.121 e. The van der Waals surface area contributed by atoms with Gasteiger partial charge >= 0.3 is 0 Å². The number of pyridine rings is 1. The third-order valence-corrected chi connectivity index (χ3v) is 3.03. The van der Waals surface area contributed by atoms with Crippen molar-refractivity contribution in [3.05, 3.63) is 60.8 Å². The second-order valence-corrected chi connectivity index (χ2v) is 4.11. The maximum Gasteiger partial charge on any atom is 0.121 e. The molecule has 0 aliphatic heterocycles. The summed E-state index contributed by atoms with van der Waals surface area (Å²) >= 11 is 0. The van der Waals surface area contributed by atoms with Gasteiger partial charge in [0.05, 0.1) is 12.6 Å². The number of methoxy groups -OCH3 is 1. The van der Waals surface area contributed by atoms with Crippen LogP contribution < -0.4 is 4.74 Å². The van der Waals surface area contributed by atoms with Crippen LogP contribution in [0.1, 0.15) is 0 Å². The summed E-state index contributed by atoms with van der Waals surface area (Å²) in [6.07, 6.45) is 1.84. The van der Waals surface area contributed by atoms with E-state index in [2.05, 4.69) is 23.2 Å². The van der Waals surface area contributed by atoms with Crippen LogP contribution in [0.15, 0.2) is 60.8 Å². The Balaban J connectivity index is 2.25. The second-order valence-electron chi connectivity index (χ2n) is 4.11. The van der Waals surface area contributed by atoms with E-state index in [0.29, 0.717) is 0 Å². The van der Waals surface area contributed by atoms with Gasteiger partial charge in [0.25, 0.3) is 0 Å². The molecule has 3 aromatic rings. The minimum absolute atomic E-state index is 0.834. The van der Waals surface area contributed by atoms with Crippen LogP contribution in [0.2, 0.25) is 0 Å². The minimum Gasteiger partial charge on any atom is -0.497 e. The average Bonchev–Trinajstić information content (AvgIpc) is 2.47. The van der Waals surface area contributed by atoms with Gasteiger partial charge in [-0.2, -0.15) is 0 Å². The molecular formula is C16H13NO. The Kier molecular flexibility index (Phi) is 2.69. The molecule has 0 saturated carbocycles. The molecule has 0 fully saturated rings. The lowest BCUT2D eigenvalue weighted by molar-refractivity contribution is 0.415. The first-order valence-corrected chi connectivity index (χ1v) is 5.86. The molecular weight excluding hydrogens is 222 g/mol. The van der Waals surface area contributed by atoms with Crippen LogP contribution in [0, 0.1) is 0 Å². The number of rotatable bonds is 2. The molecule has 18 heavy (non-hydrogen) atoms. The predicted octanol–water partition coefficient (Wildman–Crippen LogP) is 3.91. The van der Waals surface area contributed by atoms with Crippen molar-refractivity contribution in [2.75, 3.05) is 7.11 Å². The summed E-state index contributed by atoms with van der Waals surface area (Å²) in [6, 6.07) is 18.4. The van der Waals surface area contributed by atoms with Crippen molar-refractivity contribution in [2.45, 2.75) is 0 Å². The van der Waals surface area contributed by atoms with Gasteiger partial charge in [0.15, 0.2) is 0 Å². The first-order chi connectivity index (χ1) is 8.88. The van der Waals surface area contributed by atoms with Crippen LogP contribution in [-0.4, -0.2) is 12.1 Å². The first kappa shape index (κ1) is 10.8. The Morgan fingerprint density at radius 3 is 2.56 bits per heavy atom. The van der Waals surface area contributed by atoms with E-state index in [1.807, 2.05) is 42.6 Å². The van der Waals surface area contributed by atoms with Gasteiger partial charge in [-0.05, 0) is 29.3 Å². The van der Waals surface area contributed by atoms with Crippen molar-refractivity contribution in [3.63, 3.8) is 0 Å². The van der Waals surface area contributed by atoms with Crippen LogP contribution in [-0.2, 0) is 0 Å². The highest BCUT2D eigenvalue weighted by Crippen LogP contribution is 2.29. The highest BCUT2D eigenvalue weighted by molar-refractivity contribution is 5.94. The quantitative estimate of drug-likeness (QED) is 0.671. The van der Waals surface area contributed by atoms with Gasteiger partial charge in [-0.1, -0.05) is 30.3 Å². The van der Waals surface area contributed by atoms with Gasteiger partial charge in [0.2, 0.25) is 0 Å². The maximum atomic E-state index is 5.23. The fourth-order valence-corrected chi connectivity index (χ4v) is 2.12. The Bertz CT molecular complexity index is 677. The lowest BCUT2D eigenvalue weighted by Crippen LogP contribution is -1.87. The van der Waals surface area contributed by atoms with E-state index in [9.17, 15) is 0 Å². The molecule has 0 saturated heterocycles. The molecule has 1 aromatic heterocycles. The largest absolute Gasteiger partial charge is 0.497 e. The molecule has 2 nitrogen and oxygen atoms in total. The van der Waals surface area contributed by atoms with Crippen molar-refractivity contribution in [1.29, 1.82) is 0 Å². The summed E-state index contributed by atoms with van der Waals surface area (Å²) < 4.78 is 5.23. The van der Waals surface area contributed by atoms with E-state index in [1.54, 1.807) is 7.11 Å². The molecule has 0 radical (unpaired) electrons. The SMILES string of the molecule is COc1ccc2c(-c3ccccc3)ccnc2c1. The predicted molar refractivity (Wildman–Crippen MR) is 73.7 cm³/mol. The van der Waals surface area contributed by atoms with Crippen molar-refractivity contribution in [1.82, 2.24) is 4.98 Å². The molecule has 0 aliphatic rings. The van der Waals surface area contributed by atoms with Crippen molar-refractivity contribution in [3.8, 4) is 16.9 Å². The summed E-state index contributed by atoms with van der Waals surface area (Å²) in [5, 5.41) is 1.14. The fourth-order valence-electron chi connectivity index (χ4n) is 2.12. The monoisotopic (exact) mass is 235 g/mol. The van der Waals surface area contributed by atoms with Crippen molar-refractivity contribution < 1.29 is 4.74 Å². The van der Waals surface area contributed by atoms with Crippen LogP contribution in [0.4, 0.5) is 0 Å². The number of hydrogen-bond acceptors (Lipinski definition) is 2. The third-order valence-electron chi connectivity index (χ3n) is 3.03. The van der Waals surface area contributed by atoms with Crippen molar-refractivity contribution >= 4 is 10.9 Å². The van der Waals surface area contributed by atoms with Crippen LogP contribution in [0.3, 0.4) is 0 Å². The highest BCUT2D eigenvalue weighted by atomic mass is 16.5. The van der Waals surface area contributed by atoms with Gasteiger partial charge in [-0.25, -0.2) is 0 Å². The topological polar surface area (TPSA) is 22.1 Å². The molecule has 2 aromatic carbocycles. The minimum atomic E-state index is 0.834. The number of benzene rings is 2. The average molecular weight is 235 g/mol. The molecule has 0 atom stereocenters. The number of nitrogens with zero attached hydrogens (tertiary/aromatic N) is 1. The lowest BCUT2D eigenvalue weighted by Gasteiger charge is -2.07. The van der Waals surface area contributed by atoms with E-state index in [0.717, 1.165) is 16.7 Å². The number of fused-ring (bicyclic) bond motifs is 1. The third kappa shape index (κ3) is 1.82. The van der Waals surface area contributed by atoms with E-state index in [1.165, 1.54) is 11.1 Å². The molecule has 0 unspecified atom stereocenters. The summed E-state index contributed by atoms with van der Waals surface area (Å²) in [7, 11) is 1.67. The summed E-state index contributed by atoms with van der Waals surface area (Å²) in [5.74, 6) is 0.834. The normalized spacial score (nSPS) is 10.5. The van der Waals surface area contributed by atoms with Crippen LogP contribution in [0.25, 0.3) is 22.0 Å². The van der Waals surface area contributed by atoms with Gasteiger partial charge < -0.3 is 4.74 Å². The molecule has 0 bridgehead atoms. The zero-order chi connectivity index (χ0) is 12.4. The lowest BCUT2D eigenvalue weighted by atomic mass is 10.0. The first-order valence-electron chi connectivity index (χ1n) is 5.86. The maximum absolute atomic E-state index is 5.23. The Morgan fingerprint density at radius 1 is 0.944 bits per heavy atom. The van der Waals surface area contributed by atoms with Crippen LogP contribution in [0.5, 0.6) is 5.75 Å². The van der Waals surface area contributed by atoms with Crippen molar-refractivity contribution in [2.24, 2.45) is 0 Å². The molecule has 0 amide bonds. The molecule has 3 rings (SSSR count). The number of hydrogen-bond donors (Lipinski definition) is 0. The van der Waals surface area contributed by atoms with Gasteiger partial charge in [-0.15, -0.1) is 0 Å². The molecule has 2 heteroatoms. The Hall–Kier alpha value is -2.35. The van der Waals surface area contributed by atoms with E-state index in [4.69, 9.17) is 4.74 Å². The highest BCUT2D eigenvalue weighted by Gasteiger charge is 2.04. The number of ether oxygens (including phenoxy) is 1. The van der Waals surface area contributed by atoms with Crippen LogP contribution >= 0.6 is 0 Å². The van der Waals surface area contributed by atoms with Gasteiger partial charge in [-0.3, -0.25) is 4.98 Å². The van der Waals surface area contributed by atoms with E-state index < -0.39 is 0 Å². The molecule has 1 heterocycles. The zero-order valence-electron chi connectivity index (χ0n) is 10.1.